The van der Waals surface area contributed by atoms with Gasteiger partial charge in [-0.05, 0) is 29.8 Å². The Kier molecular flexibility index (Phi) is 3.77. The first-order valence-corrected chi connectivity index (χ1v) is 8.78. The number of hydrogen-bond donors (Lipinski definition) is 2. The number of sulfone groups is 1. The van der Waals surface area contributed by atoms with Crippen LogP contribution in [0.25, 0.3) is 0 Å². The highest BCUT2D eigenvalue weighted by Gasteiger charge is 2.69. The monoisotopic (exact) mass is 337 g/mol. The summed E-state index contributed by atoms with van der Waals surface area (Å²) in [4.78, 5) is 0.216. The molecule has 2 aromatic rings. The van der Waals surface area contributed by atoms with E-state index in [1.54, 1.807) is 54.6 Å². The van der Waals surface area contributed by atoms with Gasteiger partial charge in [0.2, 0.25) is 0 Å². The van der Waals surface area contributed by atoms with Crippen molar-refractivity contribution in [1.29, 1.82) is 0 Å². The van der Waals surface area contributed by atoms with Crippen molar-refractivity contribution in [3.05, 3.63) is 65.2 Å². The van der Waals surface area contributed by atoms with E-state index in [9.17, 15) is 13.5 Å². The zero-order valence-corrected chi connectivity index (χ0v) is 13.3. The summed E-state index contributed by atoms with van der Waals surface area (Å²) in [6, 6.07) is 15.1. The first-order valence-electron chi connectivity index (χ1n) is 6.85. The van der Waals surface area contributed by atoms with Crippen LogP contribution < -0.4 is 5.73 Å². The Morgan fingerprint density at radius 1 is 1.14 bits per heavy atom. The maximum Gasteiger partial charge on any atom is 0.183 e. The Bertz CT molecular complexity index is 794. The molecule has 0 amide bonds. The van der Waals surface area contributed by atoms with Crippen molar-refractivity contribution >= 4 is 21.4 Å². The second-order valence-corrected chi connectivity index (χ2v) is 8.09. The lowest BCUT2D eigenvalue weighted by molar-refractivity contribution is 0.253. The fourth-order valence-electron chi connectivity index (χ4n) is 3.02. The van der Waals surface area contributed by atoms with Crippen molar-refractivity contribution in [2.24, 2.45) is 5.73 Å². The lowest BCUT2D eigenvalue weighted by Gasteiger charge is -2.08. The molecule has 116 valence electrons. The molecule has 0 aromatic heterocycles. The molecule has 0 radical (unpaired) electrons. The summed E-state index contributed by atoms with van der Waals surface area (Å²) < 4.78 is 25.6. The molecule has 0 bridgehead atoms. The molecule has 0 unspecified atom stereocenters. The van der Waals surface area contributed by atoms with Crippen LogP contribution in [0.1, 0.15) is 11.5 Å². The van der Waals surface area contributed by atoms with Gasteiger partial charge in [-0.15, -0.1) is 0 Å². The van der Waals surface area contributed by atoms with Crippen molar-refractivity contribution in [3.8, 4) is 0 Å². The van der Waals surface area contributed by atoms with Gasteiger partial charge >= 0.3 is 0 Å². The second kappa shape index (κ2) is 5.35. The Balaban J connectivity index is 2.04. The maximum absolute atomic E-state index is 12.8. The van der Waals surface area contributed by atoms with Crippen molar-refractivity contribution in [3.63, 3.8) is 0 Å². The third kappa shape index (κ3) is 2.34. The zero-order valence-electron chi connectivity index (χ0n) is 11.7. The van der Waals surface area contributed by atoms with Crippen molar-refractivity contribution in [1.82, 2.24) is 0 Å². The molecular weight excluding hydrogens is 322 g/mol. The van der Waals surface area contributed by atoms with E-state index >= 15 is 0 Å². The van der Waals surface area contributed by atoms with Crippen molar-refractivity contribution < 1.29 is 13.5 Å². The smallest absolute Gasteiger partial charge is 0.183 e. The van der Waals surface area contributed by atoms with E-state index in [1.807, 2.05) is 0 Å². The topological polar surface area (TPSA) is 80.4 Å². The number of benzene rings is 2. The van der Waals surface area contributed by atoms with Crippen LogP contribution in [0.4, 0.5) is 0 Å². The summed E-state index contributed by atoms with van der Waals surface area (Å²) in [6.45, 7) is -0.402. The maximum atomic E-state index is 12.8. The Labute approximate surface area is 134 Å². The molecule has 6 heteroatoms. The van der Waals surface area contributed by atoms with Crippen LogP contribution in [0.15, 0.2) is 59.5 Å². The van der Waals surface area contributed by atoms with E-state index in [0.717, 1.165) is 5.56 Å². The molecule has 0 heterocycles. The third-order valence-corrected chi connectivity index (χ3v) is 6.73. The van der Waals surface area contributed by atoms with Gasteiger partial charge in [-0.25, -0.2) is 8.42 Å². The molecule has 0 saturated heterocycles. The van der Waals surface area contributed by atoms with E-state index in [1.165, 1.54) is 0 Å². The van der Waals surface area contributed by atoms with Crippen LogP contribution in [0.2, 0.25) is 5.02 Å². The van der Waals surface area contributed by atoms with E-state index in [2.05, 4.69) is 0 Å². The van der Waals surface area contributed by atoms with Crippen LogP contribution in [0.3, 0.4) is 0 Å². The molecule has 0 spiro atoms. The highest BCUT2D eigenvalue weighted by atomic mass is 35.5. The Morgan fingerprint density at radius 2 is 1.82 bits per heavy atom. The predicted molar refractivity (Wildman–Crippen MR) is 85.6 cm³/mol. The largest absolute Gasteiger partial charge is 0.394 e. The van der Waals surface area contributed by atoms with Gasteiger partial charge in [-0.3, -0.25) is 0 Å². The van der Waals surface area contributed by atoms with Gasteiger partial charge in [0.1, 0.15) is 0 Å². The average molecular weight is 338 g/mol. The van der Waals surface area contributed by atoms with Crippen LogP contribution in [0, 0.1) is 0 Å². The fraction of sp³-hybridized carbons (Fsp3) is 0.250. The lowest BCUT2D eigenvalue weighted by Crippen LogP contribution is -2.35. The molecule has 1 aliphatic rings. The van der Waals surface area contributed by atoms with Crippen LogP contribution in [-0.4, -0.2) is 30.9 Å². The number of rotatable bonds is 4. The third-order valence-electron chi connectivity index (χ3n) is 4.19. The molecule has 1 saturated carbocycles. The molecule has 4 nitrogen and oxygen atoms in total. The molecule has 1 fully saturated rings. The SMILES string of the molecule is N[C@]1(CO)[C@H](c2cccc(Cl)c2)[C@@H]1S(=O)(=O)c1ccccc1. The summed E-state index contributed by atoms with van der Waals surface area (Å²) in [7, 11) is -3.62. The standard InChI is InChI=1S/C16H16ClNO3S/c17-12-6-4-5-11(9-12)14-15(16(14,18)10-19)22(20,21)13-7-2-1-3-8-13/h1-9,14-15,19H,10,18H2/t14-,15+,16-/m1/s1. The molecule has 1 aliphatic carbocycles. The quantitative estimate of drug-likeness (QED) is 0.893. The number of aliphatic hydroxyl groups excluding tert-OH is 1. The summed E-state index contributed by atoms with van der Waals surface area (Å²) in [5.74, 6) is -0.471. The van der Waals surface area contributed by atoms with Gasteiger partial charge in [0.25, 0.3) is 0 Å². The Morgan fingerprint density at radius 3 is 2.41 bits per heavy atom. The van der Waals surface area contributed by atoms with E-state index in [0.29, 0.717) is 5.02 Å². The van der Waals surface area contributed by atoms with E-state index in [-0.39, 0.29) is 4.90 Å². The first-order chi connectivity index (χ1) is 10.4. The molecule has 0 aliphatic heterocycles. The summed E-state index contributed by atoms with van der Waals surface area (Å²) in [5.41, 5.74) is 5.72. The average Bonchev–Trinajstić information content (AvgIpc) is 3.16. The van der Waals surface area contributed by atoms with E-state index in [4.69, 9.17) is 17.3 Å². The van der Waals surface area contributed by atoms with Gasteiger partial charge in [-0.2, -0.15) is 0 Å². The molecule has 22 heavy (non-hydrogen) atoms. The van der Waals surface area contributed by atoms with Gasteiger partial charge in [0.15, 0.2) is 9.84 Å². The summed E-state index contributed by atoms with van der Waals surface area (Å²) >= 11 is 5.98. The molecule has 3 atom stereocenters. The van der Waals surface area contributed by atoms with Crippen LogP contribution in [-0.2, 0) is 9.84 Å². The number of hydrogen-bond acceptors (Lipinski definition) is 4. The minimum Gasteiger partial charge on any atom is -0.394 e. The molecule has 2 aromatic carbocycles. The normalized spacial score (nSPS) is 27.6. The van der Waals surface area contributed by atoms with Gasteiger partial charge in [0.05, 0.1) is 22.3 Å². The first kappa shape index (κ1) is 15.5. The van der Waals surface area contributed by atoms with Crippen LogP contribution >= 0.6 is 11.6 Å². The minimum atomic E-state index is -3.62. The van der Waals surface area contributed by atoms with Gasteiger partial charge < -0.3 is 10.8 Å². The number of aliphatic hydroxyl groups is 1. The van der Waals surface area contributed by atoms with Crippen LogP contribution in [0.5, 0.6) is 0 Å². The second-order valence-electron chi connectivity index (χ2n) is 5.58. The highest BCUT2D eigenvalue weighted by molar-refractivity contribution is 7.92. The zero-order chi connectivity index (χ0) is 16.0. The number of halogens is 1. The van der Waals surface area contributed by atoms with Crippen molar-refractivity contribution in [2.45, 2.75) is 21.6 Å². The van der Waals surface area contributed by atoms with E-state index < -0.39 is 33.2 Å². The van der Waals surface area contributed by atoms with Crippen molar-refractivity contribution in [2.75, 3.05) is 6.61 Å². The molecular formula is C16H16ClNO3S. The highest BCUT2D eigenvalue weighted by Crippen LogP contribution is 2.55. The minimum absolute atomic E-state index is 0.216. The summed E-state index contributed by atoms with van der Waals surface area (Å²) in [6.07, 6.45) is 0. The number of nitrogens with two attached hydrogens (primary N) is 1. The summed E-state index contributed by atoms with van der Waals surface area (Å²) in [5, 5.41) is 9.28. The lowest BCUT2D eigenvalue weighted by atomic mass is 10.1. The fourth-order valence-corrected chi connectivity index (χ4v) is 5.54. The Hall–Kier alpha value is -1.40. The molecule has 3 N–H and O–H groups in total. The predicted octanol–water partition coefficient (Wildman–Crippen LogP) is 1.97. The van der Waals surface area contributed by atoms with Gasteiger partial charge in [-0.1, -0.05) is 41.9 Å². The molecule has 3 rings (SSSR count). The van der Waals surface area contributed by atoms with Gasteiger partial charge in [0, 0.05) is 10.9 Å².